The zero-order valence-electron chi connectivity index (χ0n) is 18.0. The third-order valence-electron chi connectivity index (χ3n) is 5.41. The molecule has 0 aliphatic rings. The standard InChI is InChI=1S/C26H19ClF4N2O/c1-16-23(25(34)32-15-17-4-2-5-19(12-17)26(29,30)31)14-24(18-8-10-20(27)11-9-18)33(16)22-7-3-6-21(28)13-22/h2-14H,15H2,1H3,(H,32,34). The van der Waals surface area contributed by atoms with Gasteiger partial charge in [-0.3, -0.25) is 4.79 Å². The van der Waals surface area contributed by atoms with Crippen LogP contribution in [-0.4, -0.2) is 10.5 Å². The summed E-state index contributed by atoms with van der Waals surface area (Å²) in [6.45, 7) is 1.65. The van der Waals surface area contributed by atoms with E-state index in [0.717, 1.165) is 17.7 Å². The number of hydrogen-bond acceptors (Lipinski definition) is 1. The van der Waals surface area contributed by atoms with Gasteiger partial charge in [0.2, 0.25) is 0 Å². The maximum atomic E-state index is 14.0. The van der Waals surface area contributed by atoms with E-state index in [4.69, 9.17) is 11.6 Å². The number of hydrogen-bond donors (Lipinski definition) is 1. The average Bonchev–Trinajstić information content (AvgIpc) is 3.14. The lowest BCUT2D eigenvalue weighted by molar-refractivity contribution is -0.137. The summed E-state index contributed by atoms with van der Waals surface area (Å²) < 4.78 is 54.7. The van der Waals surface area contributed by atoms with Crippen LogP contribution < -0.4 is 5.32 Å². The Morgan fingerprint density at radius 1 is 0.971 bits per heavy atom. The summed E-state index contributed by atoms with van der Waals surface area (Å²) in [6.07, 6.45) is -4.47. The van der Waals surface area contributed by atoms with Gasteiger partial charge in [0.15, 0.2) is 0 Å². The first-order chi connectivity index (χ1) is 16.1. The molecule has 3 aromatic carbocycles. The number of aromatic nitrogens is 1. The van der Waals surface area contributed by atoms with Crippen molar-refractivity contribution in [3.05, 3.63) is 112 Å². The zero-order chi connectivity index (χ0) is 24.5. The number of nitrogens with zero attached hydrogens (tertiary/aromatic N) is 1. The summed E-state index contributed by atoms with van der Waals surface area (Å²) in [5.74, 6) is -0.886. The fourth-order valence-corrected chi connectivity index (χ4v) is 3.88. The Kier molecular flexibility index (Phi) is 6.48. The van der Waals surface area contributed by atoms with Crippen LogP contribution in [0.2, 0.25) is 5.02 Å². The molecule has 0 aliphatic carbocycles. The summed E-state index contributed by atoms with van der Waals surface area (Å²) in [6, 6.07) is 19.4. The van der Waals surface area contributed by atoms with Crippen LogP contribution in [0.15, 0.2) is 78.9 Å². The van der Waals surface area contributed by atoms with Gasteiger partial charge in [-0.2, -0.15) is 13.2 Å². The van der Waals surface area contributed by atoms with Crippen LogP contribution in [0.3, 0.4) is 0 Å². The van der Waals surface area contributed by atoms with Gasteiger partial charge in [0.05, 0.1) is 16.8 Å². The molecule has 0 aliphatic heterocycles. The Morgan fingerprint density at radius 3 is 2.35 bits per heavy atom. The molecule has 4 rings (SSSR count). The van der Waals surface area contributed by atoms with Crippen molar-refractivity contribution in [3.63, 3.8) is 0 Å². The van der Waals surface area contributed by atoms with Crippen LogP contribution >= 0.6 is 11.6 Å². The molecule has 1 amide bonds. The number of alkyl halides is 3. The van der Waals surface area contributed by atoms with Crippen LogP contribution in [0.5, 0.6) is 0 Å². The quantitative estimate of drug-likeness (QED) is 0.297. The Morgan fingerprint density at radius 2 is 1.68 bits per heavy atom. The molecule has 0 atom stereocenters. The number of halogens is 5. The second-order valence-corrected chi connectivity index (χ2v) is 8.17. The zero-order valence-corrected chi connectivity index (χ0v) is 18.7. The number of amides is 1. The molecule has 1 heterocycles. The number of nitrogens with one attached hydrogen (secondary N) is 1. The second kappa shape index (κ2) is 9.35. The molecule has 174 valence electrons. The molecular formula is C26H19ClF4N2O. The lowest BCUT2D eigenvalue weighted by Gasteiger charge is -2.13. The van der Waals surface area contributed by atoms with Gasteiger partial charge < -0.3 is 9.88 Å². The van der Waals surface area contributed by atoms with Gasteiger partial charge in [-0.1, -0.05) is 41.9 Å². The first-order valence-electron chi connectivity index (χ1n) is 10.3. The van der Waals surface area contributed by atoms with Crippen LogP contribution in [0.1, 0.15) is 27.2 Å². The molecule has 0 saturated carbocycles. The van der Waals surface area contributed by atoms with E-state index >= 15 is 0 Å². The van der Waals surface area contributed by atoms with Crippen LogP contribution in [0.4, 0.5) is 17.6 Å². The first kappa shape index (κ1) is 23.6. The lowest BCUT2D eigenvalue weighted by atomic mass is 10.1. The van der Waals surface area contributed by atoms with Gasteiger partial charge in [0.25, 0.3) is 5.91 Å². The predicted octanol–water partition coefficient (Wildman–Crippen LogP) is 7.19. The molecule has 0 unspecified atom stereocenters. The van der Waals surface area contributed by atoms with Crippen molar-refractivity contribution < 1.29 is 22.4 Å². The van der Waals surface area contributed by atoms with Crippen molar-refractivity contribution in [2.45, 2.75) is 19.6 Å². The number of carbonyl (C=O) groups excluding carboxylic acids is 1. The number of carbonyl (C=O) groups is 1. The Hall–Kier alpha value is -3.58. The third kappa shape index (κ3) is 4.99. The molecular weight excluding hydrogens is 468 g/mol. The second-order valence-electron chi connectivity index (χ2n) is 7.73. The molecule has 4 aromatic rings. The van der Waals surface area contributed by atoms with E-state index in [0.29, 0.717) is 33.2 Å². The summed E-state index contributed by atoms with van der Waals surface area (Å²) in [7, 11) is 0. The van der Waals surface area contributed by atoms with Crippen molar-refractivity contribution in [1.29, 1.82) is 0 Å². The van der Waals surface area contributed by atoms with E-state index in [1.807, 2.05) is 0 Å². The molecule has 0 bridgehead atoms. The van der Waals surface area contributed by atoms with Crippen molar-refractivity contribution in [2.75, 3.05) is 0 Å². The van der Waals surface area contributed by atoms with Crippen molar-refractivity contribution in [1.82, 2.24) is 9.88 Å². The Bertz CT molecular complexity index is 1340. The van der Waals surface area contributed by atoms with Gasteiger partial charge in [-0.25, -0.2) is 4.39 Å². The number of benzene rings is 3. The van der Waals surface area contributed by atoms with Gasteiger partial charge in [-0.15, -0.1) is 0 Å². The van der Waals surface area contributed by atoms with E-state index in [1.165, 1.54) is 24.3 Å². The van der Waals surface area contributed by atoms with Crippen molar-refractivity contribution in [2.24, 2.45) is 0 Å². The summed E-state index contributed by atoms with van der Waals surface area (Å²) in [5, 5.41) is 3.23. The smallest absolute Gasteiger partial charge is 0.348 e. The fourth-order valence-electron chi connectivity index (χ4n) is 3.75. The highest BCUT2D eigenvalue weighted by molar-refractivity contribution is 6.30. The molecule has 34 heavy (non-hydrogen) atoms. The molecule has 0 fully saturated rings. The van der Waals surface area contributed by atoms with E-state index in [-0.39, 0.29) is 6.54 Å². The minimum atomic E-state index is -4.47. The summed E-state index contributed by atoms with van der Waals surface area (Å²) in [4.78, 5) is 13.0. The van der Waals surface area contributed by atoms with E-state index in [1.54, 1.807) is 54.0 Å². The molecule has 8 heteroatoms. The highest BCUT2D eigenvalue weighted by atomic mass is 35.5. The minimum Gasteiger partial charge on any atom is -0.348 e. The molecule has 0 spiro atoms. The molecule has 0 radical (unpaired) electrons. The Balaban J connectivity index is 1.69. The van der Waals surface area contributed by atoms with Crippen LogP contribution in [0.25, 0.3) is 16.9 Å². The highest BCUT2D eigenvalue weighted by Gasteiger charge is 2.30. The highest BCUT2D eigenvalue weighted by Crippen LogP contribution is 2.31. The van der Waals surface area contributed by atoms with Gasteiger partial charge in [0.1, 0.15) is 5.82 Å². The van der Waals surface area contributed by atoms with E-state index < -0.39 is 23.5 Å². The average molecular weight is 487 g/mol. The van der Waals surface area contributed by atoms with Crippen molar-refractivity contribution in [3.8, 4) is 16.9 Å². The normalized spacial score (nSPS) is 11.5. The van der Waals surface area contributed by atoms with Crippen LogP contribution in [0, 0.1) is 12.7 Å². The first-order valence-corrected chi connectivity index (χ1v) is 10.7. The SMILES string of the molecule is Cc1c(C(=O)NCc2cccc(C(F)(F)F)c2)cc(-c2ccc(Cl)cc2)n1-c1cccc(F)c1. The summed E-state index contributed by atoms with van der Waals surface area (Å²) in [5.41, 5.74) is 2.34. The molecule has 1 N–H and O–H groups in total. The molecule has 1 aromatic heterocycles. The fraction of sp³-hybridized carbons (Fsp3) is 0.115. The van der Waals surface area contributed by atoms with Gasteiger partial charge in [0, 0.05) is 22.9 Å². The maximum Gasteiger partial charge on any atom is 0.416 e. The lowest BCUT2D eigenvalue weighted by Crippen LogP contribution is -2.23. The van der Waals surface area contributed by atoms with Crippen molar-refractivity contribution >= 4 is 17.5 Å². The largest absolute Gasteiger partial charge is 0.416 e. The van der Waals surface area contributed by atoms with E-state index in [2.05, 4.69) is 5.32 Å². The number of rotatable bonds is 5. The summed E-state index contributed by atoms with van der Waals surface area (Å²) >= 11 is 6.01. The molecule has 3 nitrogen and oxygen atoms in total. The van der Waals surface area contributed by atoms with E-state index in [9.17, 15) is 22.4 Å². The Labute approximate surface area is 198 Å². The molecule has 0 saturated heterocycles. The van der Waals surface area contributed by atoms with Gasteiger partial charge in [-0.05, 0) is 66.6 Å². The van der Waals surface area contributed by atoms with Gasteiger partial charge >= 0.3 is 6.18 Å². The minimum absolute atomic E-state index is 0.0797. The topological polar surface area (TPSA) is 34.0 Å². The maximum absolute atomic E-state index is 14.0. The van der Waals surface area contributed by atoms with Crippen LogP contribution in [-0.2, 0) is 12.7 Å². The predicted molar refractivity (Wildman–Crippen MR) is 124 cm³/mol. The third-order valence-corrected chi connectivity index (χ3v) is 5.66. The monoisotopic (exact) mass is 486 g/mol.